The van der Waals surface area contributed by atoms with E-state index in [1.165, 1.54) is 30.3 Å². The molecule has 156 valence electrons. The molecule has 0 spiro atoms. The molecule has 0 unspecified atom stereocenters. The molecule has 0 aliphatic rings. The zero-order valence-electron chi connectivity index (χ0n) is 15.7. The lowest BCUT2D eigenvalue weighted by Gasteiger charge is -2.11. The summed E-state index contributed by atoms with van der Waals surface area (Å²) in [5, 5.41) is 21.5. The van der Waals surface area contributed by atoms with Crippen molar-refractivity contribution in [2.45, 2.75) is 6.42 Å². The molecule has 4 rings (SSSR count). The Morgan fingerprint density at radius 2 is 2.06 bits per heavy atom. The average Bonchev–Trinajstić information content (AvgIpc) is 3.32. The Morgan fingerprint density at radius 1 is 1.26 bits per heavy atom. The van der Waals surface area contributed by atoms with Crippen LogP contribution in [0.4, 0.5) is 4.39 Å². The second-order valence-corrected chi connectivity index (χ2v) is 8.08. The minimum Gasteiger partial charge on any atom is -0.453 e. The van der Waals surface area contributed by atoms with Crippen molar-refractivity contribution in [3.05, 3.63) is 73.9 Å². The van der Waals surface area contributed by atoms with Crippen molar-refractivity contribution in [1.82, 2.24) is 20.0 Å². The number of hydrogen-bond donors (Lipinski definition) is 0. The monoisotopic (exact) mass is 521 g/mol. The molecular weight excluding hydrogens is 512 g/mol. The number of aromatic nitrogens is 4. The third-order valence-electron chi connectivity index (χ3n) is 4.25. The fourth-order valence-electron chi connectivity index (χ4n) is 2.84. The first-order valence-corrected chi connectivity index (χ1v) is 10.3. The quantitative estimate of drug-likeness (QED) is 0.322. The molecule has 2 aromatic carbocycles. The molecular formula is C20H11BrCl2FN5O2. The SMILES string of the molecule is Cn1ncc(Br)c1-c1nnc(Cc2ccc(Cl)c(Oc3cc(Cl)cc(C#N)c3)c2F)o1. The topological polar surface area (TPSA) is 89.8 Å². The van der Waals surface area contributed by atoms with Gasteiger partial charge in [-0.3, -0.25) is 4.68 Å². The van der Waals surface area contributed by atoms with Crippen LogP contribution in [0.2, 0.25) is 10.0 Å². The molecule has 4 aromatic rings. The zero-order chi connectivity index (χ0) is 22.1. The van der Waals surface area contributed by atoms with Gasteiger partial charge in [0, 0.05) is 17.6 Å². The molecule has 31 heavy (non-hydrogen) atoms. The predicted octanol–water partition coefficient (Wildman–Crippen LogP) is 5.93. The molecule has 0 saturated heterocycles. The summed E-state index contributed by atoms with van der Waals surface area (Å²) >= 11 is 15.5. The molecule has 11 heteroatoms. The van der Waals surface area contributed by atoms with Crippen LogP contribution < -0.4 is 4.74 Å². The van der Waals surface area contributed by atoms with Crippen molar-refractivity contribution in [1.29, 1.82) is 5.26 Å². The number of hydrogen-bond acceptors (Lipinski definition) is 6. The van der Waals surface area contributed by atoms with E-state index < -0.39 is 5.82 Å². The molecule has 7 nitrogen and oxygen atoms in total. The van der Waals surface area contributed by atoms with E-state index >= 15 is 4.39 Å². The molecule has 0 aliphatic carbocycles. The third-order valence-corrected chi connectivity index (χ3v) is 5.35. The van der Waals surface area contributed by atoms with Crippen LogP contribution in [0, 0.1) is 17.1 Å². The largest absolute Gasteiger partial charge is 0.453 e. The van der Waals surface area contributed by atoms with Crippen molar-refractivity contribution in [3.8, 4) is 29.2 Å². The summed E-state index contributed by atoms with van der Waals surface area (Å²) in [5.41, 5.74) is 1.12. The fourth-order valence-corrected chi connectivity index (χ4v) is 3.77. The van der Waals surface area contributed by atoms with Crippen LogP contribution in [-0.4, -0.2) is 20.0 Å². The van der Waals surface area contributed by atoms with E-state index in [9.17, 15) is 0 Å². The van der Waals surface area contributed by atoms with Gasteiger partial charge in [-0.25, -0.2) is 4.39 Å². The minimum atomic E-state index is -0.688. The number of benzene rings is 2. The molecule has 0 amide bonds. The highest BCUT2D eigenvalue weighted by Gasteiger charge is 2.20. The van der Waals surface area contributed by atoms with Gasteiger partial charge in [0.05, 0.1) is 33.7 Å². The van der Waals surface area contributed by atoms with Gasteiger partial charge < -0.3 is 9.15 Å². The lowest BCUT2D eigenvalue weighted by Crippen LogP contribution is -1.98. The van der Waals surface area contributed by atoms with Gasteiger partial charge in [-0.15, -0.1) is 10.2 Å². The summed E-state index contributed by atoms with van der Waals surface area (Å²) in [7, 11) is 1.74. The smallest absolute Gasteiger partial charge is 0.267 e. The number of ether oxygens (including phenoxy) is 1. The standard InChI is InChI=1S/C20H11BrCl2FN5O2/c1-29-18(14(21)9-26-29)20-28-27-16(31-20)6-11-2-3-15(23)19(17(11)24)30-13-5-10(8-25)4-12(22)7-13/h2-5,7,9H,6H2,1H3. The molecule has 0 saturated carbocycles. The van der Waals surface area contributed by atoms with E-state index in [4.69, 9.17) is 37.6 Å². The molecule has 0 fully saturated rings. The molecule has 0 bridgehead atoms. The molecule has 0 N–H and O–H groups in total. The van der Waals surface area contributed by atoms with Gasteiger partial charge >= 0.3 is 0 Å². The van der Waals surface area contributed by atoms with Gasteiger partial charge in [0.1, 0.15) is 11.4 Å². The van der Waals surface area contributed by atoms with Crippen molar-refractivity contribution in [2.75, 3.05) is 0 Å². The van der Waals surface area contributed by atoms with Crippen molar-refractivity contribution in [3.63, 3.8) is 0 Å². The summed E-state index contributed by atoms with van der Waals surface area (Å²) in [6.45, 7) is 0. The van der Waals surface area contributed by atoms with Gasteiger partial charge in [0.25, 0.3) is 5.89 Å². The van der Waals surface area contributed by atoms with E-state index in [0.29, 0.717) is 10.2 Å². The average molecular weight is 523 g/mol. The van der Waals surface area contributed by atoms with Crippen LogP contribution >= 0.6 is 39.1 Å². The Bertz CT molecular complexity index is 1310. The van der Waals surface area contributed by atoms with Gasteiger partial charge in [-0.2, -0.15) is 10.4 Å². The maximum Gasteiger partial charge on any atom is 0.267 e. The number of nitriles is 1. The van der Waals surface area contributed by atoms with E-state index in [1.54, 1.807) is 17.9 Å². The highest BCUT2D eigenvalue weighted by atomic mass is 79.9. The number of rotatable bonds is 5. The van der Waals surface area contributed by atoms with Gasteiger partial charge in [0.2, 0.25) is 5.89 Å². The summed E-state index contributed by atoms with van der Waals surface area (Å²) in [6.07, 6.45) is 1.62. The predicted molar refractivity (Wildman–Crippen MR) is 115 cm³/mol. The summed E-state index contributed by atoms with van der Waals surface area (Å²) < 4.78 is 28.7. The van der Waals surface area contributed by atoms with Gasteiger partial charge in [-0.05, 0) is 40.2 Å². The first kappa shape index (κ1) is 21.3. The summed E-state index contributed by atoms with van der Waals surface area (Å²) in [4.78, 5) is 0. The van der Waals surface area contributed by atoms with E-state index in [0.717, 1.165) is 0 Å². The van der Waals surface area contributed by atoms with Crippen LogP contribution in [0.1, 0.15) is 17.0 Å². The Kier molecular flexibility index (Phi) is 5.96. The molecule has 2 aromatic heterocycles. The first-order valence-electron chi connectivity index (χ1n) is 8.71. The highest BCUT2D eigenvalue weighted by Crippen LogP contribution is 2.36. The van der Waals surface area contributed by atoms with Crippen molar-refractivity contribution < 1.29 is 13.5 Å². The molecule has 0 aliphatic heterocycles. The van der Waals surface area contributed by atoms with Crippen LogP contribution in [0.5, 0.6) is 11.5 Å². The lowest BCUT2D eigenvalue weighted by atomic mass is 10.1. The Hall–Kier alpha value is -2.93. The Balaban J connectivity index is 1.63. The van der Waals surface area contributed by atoms with Crippen LogP contribution in [0.3, 0.4) is 0 Å². The highest BCUT2D eigenvalue weighted by molar-refractivity contribution is 9.10. The van der Waals surface area contributed by atoms with E-state index in [1.807, 2.05) is 6.07 Å². The van der Waals surface area contributed by atoms with Gasteiger partial charge in [0.15, 0.2) is 11.6 Å². The maximum absolute atomic E-state index is 15.2. The molecule has 0 radical (unpaired) electrons. The Labute approximate surface area is 194 Å². The van der Waals surface area contributed by atoms with Crippen molar-refractivity contribution >= 4 is 39.1 Å². The number of nitrogens with zero attached hydrogens (tertiary/aromatic N) is 5. The maximum atomic E-state index is 15.2. The number of aryl methyl sites for hydroxylation is 1. The minimum absolute atomic E-state index is 0.0147. The lowest BCUT2D eigenvalue weighted by molar-refractivity contribution is 0.437. The van der Waals surface area contributed by atoms with Crippen LogP contribution in [0.25, 0.3) is 11.6 Å². The normalized spacial score (nSPS) is 10.8. The van der Waals surface area contributed by atoms with Gasteiger partial charge in [-0.1, -0.05) is 29.3 Å². The Morgan fingerprint density at radius 3 is 2.77 bits per heavy atom. The first-order chi connectivity index (χ1) is 14.9. The fraction of sp³-hybridized carbons (Fsp3) is 0.100. The second kappa shape index (κ2) is 8.67. The molecule has 2 heterocycles. The second-order valence-electron chi connectivity index (χ2n) is 6.38. The third kappa shape index (κ3) is 4.42. The van der Waals surface area contributed by atoms with Crippen molar-refractivity contribution in [2.24, 2.45) is 7.05 Å². The zero-order valence-corrected chi connectivity index (χ0v) is 18.8. The van der Waals surface area contributed by atoms with E-state index in [-0.39, 0.29) is 50.9 Å². The number of halogens is 4. The van der Waals surface area contributed by atoms with Crippen LogP contribution in [0.15, 0.2) is 45.4 Å². The summed E-state index contributed by atoms with van der Waals surface area (Å²) in [6, 6.07) is 9.33. The van der Waals surface area contributed by atoms with E-state index in [2.05, 4.69) is 31.2 Å². The summed E-state index contributed by atoms with van der Waals surface area (Å²) in [5.74, 6) is -0.254. The molecule has 0 atom stereocenters. The van der Waals surface area contributed by atoms with Crippen LogP contribution in [-0.2, 0) is 13.5 Å².